The third-order valence-electron chi connectivity index (χ3n) is 6.91. The number of nitrogen functional groups attached to an aromatic ring is 1. The Morgan fingerprint density at radius 1 is 1.15 bits per heavy atom. The number of halogens is 3. The minimum Gasteiger partial charge on any atom is -0.494 e. The molecule has 0 radical (unpaired) electrons. The SMILES string of the molecule is CN1CCCC1CCOc1ccc2[nH]c(C(=O)NCc3ccc(Cl)c(Oc4cc(N)cc(Cl)c4)c3F)cc2c1. The number of nitrogens with two attached hydrogens (primary N) is 1. The number of carbonyl (C=O) groups is 1. The van der Waals surface area contributed by atoms with Crippen LogP contribution in [0.4, 0.5) is 10.1 Å². The number of rotatable bonds is 9. The number of H-pyrrole nitrogens is 1. The number of fused-ring (bicyclic) bond motifs is 1. The molecule has 204 valence electrons. The number of carbonyl (C=O) groups excluding carboxylic acids is 1. The maximum Gasteiger partial charge on any atom is 0.267 e. The van der Waals surface area contributed by atoms with Crippen LogP contribution < -0.4 is 20.5 Å². The van der Waals surface area contributed by atoms with Gasteiger partial charge in [-0.15, -0.1) is 0 Å². The van der Waals surface area contributed by atoms with Gasteiger partial charge in [-0.2, -0.15) is 0 Å². The van der Waals surface area contributed by atoms with E-state index in [0.29, 0.717) is 29.1 Å². The summed E-state index contributed by atoms with van der Waals surface area (Å²) in [4.78, 5) is 18.3. The number of amides is 1. The molecule has 2 heterocycles. The highest BCUT2D eigenvalue weighted by Crippen LogP contribution is 2.35. The Bertz CT molecular complexity index is 1490. The molecule has 1 aromatic heterocycles. The number of ether oxygens (including phenoxy) is 2. The summed E-state index contributed by atoms with van der Waals surface area (Å²) in [6.45, 7) is 1.71. The molecule has 1 unspecified atom stereocenters. The minimum absolute atomic E-state index is 0.0741. The highest BCUT2D eigenvalue weighted by molar-refractivity contribution is 6.32. The maximum absolute atomic E-state index is 15.3. The fraction of sp³-hybridized carbons (Fsp3) is 0.276. The topological polar surface area (TPSA) is 92.6 Å². The van der Waals surface area contributed by atoms with Crippen LogP contribution in [0, 0.1) is 5.82 Å². The molecule has 1 fully saturated rings. The van der Waals surface area contributed by atoms with Gasteiger partial charge in [0.05, 0.1) is 11.6 Å². The van der Waals surface area contributed by atoms with E-state index >= 15 is 4.39 Å². The van der Waals surface area contributed by atoms with Crippen LogP contribution in [0.5, 0.6) is 17.2 Å². The van der Waals surface area contributed by atoms with E-state index in [1.807, 2.05) is 18.2 Å². The van der Waals surface area contributed by atoms with Crippen molar-refractivity contribution in [3.63, 3.8) is 0 Å². The molecule has 4 aromatic rings. The zero-order chi connectivity index (χ0) is 27.5. The number of hydrogen-bond donors (Lipinski definition) is 3. The van der Waals surface area contributed by atoms with E-state index in [4.69, 9.17) is 38.4 Å². The van der Waals surface area contributed by atoms with Crippen molar-refractivity contribution in [3.8, 4) is 17.2 Å². The van der Waals surface area contributed by atoms with Gasteiger partial charge in [0.25, 0.3) is 5.91 Å². The number of nitrogens with one attached hydrogen (secondary N) is 2. The molecule has 10 heteroatoms. The van der Waals surface area contributed by atoms with Crippen LogP contribution in [-0.4, -0.2) is 42.0 Å². The quantitative estimate of drug-likeness (QED) is 0.193. The van der Waals surface area contributed by atoms with E-state index in [0.717, 1.165) is 29.6 Å². The Balaban J connectivity index is 1.22. The van der Waals surface area contributed by atoms with E-state index in [1.165, 1.54) is 37.1 Å². The van der Waals surface area contributed by atoms with E-state index in [-0.39, 0.29) is 34.5 Å². The zero-order valence-corrected chi connectivity index (χ0v) is 22.9. The van der Waals surface area contributed by atoms with Crippen molar-refractivity contribution in [1.82, 2.24) is 15.2 Å². The average molecular weight is 571 g/mol. The van der Waals surface area contributed by atoms with Crippen molar-refractivity contribution < 1.29 is 18.7 Å². The molecule has 1 aliphatic heterocycles. The van der Waals surface area contributed by atoms with Gasteiger partial charge in [0.15, 0.2) is 11.6 Å². The van der Waals surface area contributed by atoms with Crippen LogP contribution in [-0.2, 0) is 6.54 Å². The Hall–Kier alpha value is -3.46. The van der Waals surface area contributed by atoms with E-state index in [9.17, 15) is 4.79 Å². The van der Waals surface area contributed by atoms with Gasteiger partial charge in [0, 0.05) is 45.8 Å². The van der Waals surface area contributed by atoms with Gasteiger partial charge >= 0.3 is 0 Å². The lowest BCUT2D eigenvalue weighted by molar-refractivity contribution is 0.0946. The van der Waals surface area contributed by atoms with E-state index in [1.54, 1.807) is 12.1 Å². The second-order valence-electron chi connectivity index (χ2n) is 9.70. The van der Waals surface area contributed by atoms with Crippen molar-refractivity contribution in [2.24, 2.45) is 0 Å². The highest BCUT2D eigenvalue weighted by atomic mass is 35.5. The minimum atomic E-state index is -0.691. The summed E-state index contributed by atoms with van der Waals surface area (Å²) < 4.78 is 26.9. The van der Waals surface area contributed by atoms with Gasteiger partial charge in [0.2, 0.25) is 0 Å². The largest absolute Gasteiger partial charge is 0.494 e. The monoisotopic (exact) mass is 570 g/mol. The molecule has 1 aliphatic rings. The summed E-state index contributed by atoms with van der Waals surface area (Å²) in [5, 5.41) is 4.02. The summed E-state index contributed by atoms with van der Waals surface area (Å²) in [6, 6.07) is 15.6. The Kier molecular flexibility index (Phi) is 8.16. The summed E-state index contributed by atoms with van der Waals surface area (Å²) in [5.41, 5.74) is 7.52. The first-order valence-electron chi connectivity index (χ1n) is 12.7. The normalized spacial score (nSPS) is 15.5. The van der Waals surface area contributed by atoms with Crippen molar-refractivity contribution in [2.75, 3.05) is 25.9 Å². The van der Waals surface area contributed by atoms with Crippen LogP contribution in [0.15, 0.2) is 54.6 Å². The van der Waals surface area contributed by atoms with E-state index in [2.05, 4.69) is 22.2 Å². The second kappa shape index (κ2) is 11.7. The Morgan fingerprint density at radius 3 is 2.77 bits per heavy atom. The van der Waals surface area contributed by atoms with Crippen molar-refractivity contribution >= 4 is 45.7 Å². The summed E-state index contributed by atoms with van der Waals surface area (Å²) in [6.07, 6.45) is 3.43. The van der Waals surface area contributed by atoms with Crippen LogP contribution in [0.2, 0.25) is 10.0 Å². The number of anilines is 1. The lowest BCUT2D eigenvalue weighted by atomic mass is 10.1. The number of benzene rings is 3. The van der Waals surface area contributed by atoms with E-state index < -0.39 is 5.82 Å². The second-order valence-corrected chi connectivity index (χ2v) is 10.5. The lowest BCUT2D eigenvalue weighted by Crippen LogP contribution is -2.26. The van der Waals surface area contributed by atoms with Crippen molar-refractivity contribution in [2.45, 2.75) is 31.8 Å². The molecule has 0 saturated carbocycles. The molecular weight excluding hydrogens is 542 g/mol. The van der Waals surface area contributed by atoms with Gasteiger partial charge in [-0.3, -0.25) is 4.79 Å². The highest BCUT2D eigenvalue weighted by Gasteiger charge is 2.21. The number of hydrogen-bond acceptors (Lipinski definition) is 5. The van der Waals surface area contributed by atoms with Crippen LogP contribution in [0.25, 0.3) is 10.9 Å². The molecule has 7 nitrogen and oxygen atoms in total. The molecule has 1 amide bonds. The first-order chi connectivity index (χ1) is 18.8. The van der Waals surface area contributed by atoms with Crippen LogP contribution in [0.3, 0.4) is 0 Å². The molecule has 1 atom stereocenters. The average Bonchev–Trinajstić information content (AvgIpc) is 3.51. The first kappa shape index (κ1) is 27.1. The molecule has 4 N–H and O–H groups in total. The molecule has 0 aliphatic carbocycles. The standard InChI is InChI=1S/C29H29Cl2FN4O3/c1-36-9-2-3-21(36)8-10-38-22-5-7-25-18(11-22)12-26(35-25)29(37)34-16-17-4-6-24(31)28(27(17)32)39-23-14-19(30)13-20(33)15-23/h4-7,11-15,21,35H,2-3,8-10,16,33H2,1H3,(H,34,37). The van der Waals surface area contributed by atoms with Crippen LogP contribution >= 0.6 is 23.2 Å². The Labute approximate surface area is 236 Å². The number of aromatic amines is 1. The predicted molar refractivity (Wildman–Crippen MR) is 153 cm³/mol. The summed E-state index contributed by atoms with van der Waals surface area (Å²) in [5.74, 6) is -0.246. The number of likely N-dealkylation sites (tertiary alicyclic amines) is 1. The molecule has 1 saturated heterocycles. The Morgan fingerprint density at radius 2 is 2.00 bits per heavy atom. The first-order valence-corrected chi connectivity index (χ1v) is 13.5. The van der Waals surface area contributed by atoms with Crippen molar-refractivity contribution in [3.05, 3.63) is 81.7 Å². The molecule has 5 rings (SSSR count). The molecule has 3 aromatic carbocycles. The van der Waals surface area contributed by atoms with Crippen molar-refractivity contribution in [1.29, 1.82) is 0 Å². The lowest BCUT2D eigenvalue weighted by Gasteiger charge is -2.19. The zero-order valence-electron chi connectivity index (χ0n) is 21.4. The number of aromatic nitrogens is 1. The fourth-order valence-electron chi connectivity index (χ4n) is 4.81. The summed E-state index contributed by atoms with van der Waals surface area (Å²) in [7, 11) is 2.15. The van der Waals surface area contributed by atoms with Gasteiger partial charge in [0.1, 0.15) is 17.2 Å². The predicted octanol–water partition coefficient (Wildman–Crippen LogP) is 6.78. The maximum atomic E-state index is 15.3. The van der Waals surface area contributed by atoms with Gasteiger partial charge in [-0.1, -0.05) is 29.3 Å². The van der Waals surface area contributed by atoms with Crippen LogP contribution in [0.1, 0.15) is 35.3 Å². The fourth-order valence-corrected chi connectivity index (χ4v) is 5.23. The van der Waals surface area contributed by atoms with Gasteiger partial charge in [-0.25, -0.2) is 4.39 Å². The molecular formula is C29H29Cl2FN4O3. The van der Waals surface area contributed by atoms with Gasteiger partial charge in [-0.05, 0) is 75.3 Å². The molecule has 0 bridgehead atoms. The number of nitrogens with zero attached hydrogens (tertiary/aromatic N) is 1. The third-order valence-corrected chi connectivity index (χ3v) is 7.43. The smallest absolute Gasteiger partial charge is 0.267 e. The molecule has 39 heavy (non-hydrogen) atoms. The van der Waals surface area contributed by atoms with Gasteiger partial charge < -0.3 is 30.4 Å². The summed E-state index contributed by atoms with van der Waals surface area (Å²) >= 11 is 12.2. The molecule has 0 spiro atoms. The third kappa shape index (κ3) is 6.41.